The molecular weight excluding hydrogens is 448 g/mol. The monoisotopic (exact) mass is 457 g/mol. The summed E-state index contributed by atoms with van der Waals surface area (Å²) in [6.07, 6.45) is 1.63. The first-order valence-corrected chi connectivity index (χ1v) is 10.3. The summed E-state index contributed by atoms with van der Waals surface area (Å²) in [5, 5.41) is 5.30. The number of thiazole rings is 1. The molecule has 5 nitrogen and oxygen atoms in total. The van der Waals surface area contributed by atoms with Crippen LogP contribution in [0.5, 0.6) is 0 Å². The molecule has 5 rings (SSSR count). The molecule has 5 aromatic rings. The van der Waals surface area contributed by atoms with E-state index < -0.39 is 0 Å². The summed E-state index contributed by atoms with van der Waals surface area (Å²) in [6, 6.07) is 14.4. The Kier molecular flexibility index (Phi) is 4.66. The van der Waals surface area contributed by atoms with Crippen molar-refractivity contribution in [1.82, 2.24) is 14.6 Å². The molecule has 2 aromatic carbocycles. The standard InChI is InChI=1S/C21H10Cl2FN3O2S/c22-12-3-7-16(23)15(9-12)17-8-6-14(29-17)10-18-20(28)27-21(30-18)25-19(26-27)11-1-4-13(24)5-2-11/h1-10H. The van der Waals surface area contributed by atoms with Gasteiger partial charge in [-0.05, 0) is 54.6 Å². The molecule has 0 aliphatic carbocycles. The zero-order valence-electron chi connectivity index (χ0n) is 15.0. The molecule has 0 saturated carbocycles. The van der Waals surface area contributed by atoms with E-state index in [-0.39, 0.29) is 11.4 Å². The Morgan fingerprint density at radius 3 is 2.63 bits per heavy atom. The maximum absolute atomic E-state index is 13.1. The molecular formula is C21H10Cl2FN3O2S. The molecule has 0 atom stereocenters. The molecule has 0 amide bonds. The van der Waals surface area contributed by atoms with Gasteiger partial charge >= 0.3 is 0 Å². The van der Waals surface area contributed by atoms with E-state index in [2.05, 4.69) is 10.1 Å². The maximum atomic E-state index is 13.1. The van der Waals surface area contributed by atoms with Crippen LogP contribution in [-0.4, -0.2) is 14.6 Å². The number of aromatic nitrogens is 3. The Morgan fingerprint density at radius 2 is 1.87 bits per heavy atom. The summed E-state index contributed by atoms with van der Waals surface area (Å²) in [4.78, 5) is 17.5. The van der Waals surface area contributed by atoms with E-state index in [4.69, 9.17) is 27.6 Å². The first kappa shape index (κ1) is 19.0. The van der Waals surface area contributed by atoms with Gasteiger partial charge in [0.25, 0.3) is 5.56 Å². The van der Waals surface area contributed by atoms with Crippen LogP contribution in [0.3, 0.4) is 0 Å². The topological polar surface area (TPSA) is 60.4 Å². The number of halogens is 3. The second-order valence-corrected chi connectivity index (χ2v) is 8.23. The molecule has 0 spiro atoms. The maximum Gasteiger partial charge on any atom is 0.291 e. The van der Waals surface area contributed by atoms with Crippen molar-refractivity contribution >= 4 is 45.6 Å². The van der Waals surface area contributed by atoms with Gasteiger partial charge in [-0.25, -0.2) is 4.39 Å². The van der Waals surface area contributed by atoms with Crippen LogP contribution in [0.15, 0.2) is 63.8 Å². The van der Waals surface area contributed by atoms with Crippen LogP contribution in [0.1, 0.15) is 5.76 Å². The van der Waals surface area contributed by atoms with E-state index in [1.807, 2.05) is 0 Å². The van der Waals surface area contributed by atoms with Crippen LogP contribution in [-0.2, 0) is 0 Å². The number of fused-ring (bicyclic) bond motifs is 1. The van der Waals surface area contributed by atoms with Crippen LogP contribution in [0.4, 0.5) is 4.39 Å². The average Bonchev–Trinajstić information content (AvgIpc) is 3.42. The first-order chi connectivity index (χ1) is 14.5. The minimum atomic E-state index is -0.349. The Hall–Kier alpha value is -3.00. The zero-order valence-corrected chi connectivity index (χ0v) is 17.3. The van der Waals surface area contributed by atoms with Crippen molar-refractivity contribution in [2.75, 3.05) is 0 Å². The van der Waals surface area contributed by atoms with Crippen molar-refractivity contribution in [2.24, 2.45) is 0 Å². The van der Waals surface area contributed by atoms with Crippen molar-refractivity contribution in [2.45, 2.75) is 0 Å². The lowest BCUT2D eigenvalue weighted by Gasteiger charge is -2.00. The second-order valence-electron chi connectivity index (χ2n) is 6.38. The normalized spacial score (nSPS) is 12.2. The Balaban J connectivity index is 1.52. The van der Waals surface area contributed by atoms with E-state index in [0.29, 0.717) is 48.0 Å². The third-order valence-electron chi connectivity index (χ3n) is 4.38. The average molecular weight is 458 g/mol. The molecule has 0 fully saturated rings. The van der Waals surface area contributed by atoms with Gasteiger partial charge in [-0.3, -0.25) is 4.79 Å². The Bertz CT molecular complexity index is 1510. The summed E-state index contributed by atoms with van der Waals surface area (Å²) in [5.41, 5.74) is 0.985. The molecule has 3 heterocycles. The van der Waals surface area contributed by atoms with Gasteiger partial charge in [0, 0.05) is 22.2 Å². The fraction of sp³-hybridized carbons (Fsp3) is 0. The van der Waals surface area contributed by atoms with E-state index in [1.54, 1.807) is 48.5 Å². The third kappa shape index (κ3) is 3.41. The number of furan rings is 1. The predicted octanol–water partition coefficient (Wildman–Crippen LogP) is 5.07. The van der Waals surface area contributed by atoms with E-state index in [0.717, 1.165) is 0 Å². The van der Waals surface area contributed by atoms with Gasteiger partial charge in [-0.1, -0.05) is 34.5 Å². The highest BCUT2D eigenvalue weighted by molar-refractivity contribution is 7.15. The fourth-order valence-corrected chi connectivity index (χ4v) is 4.22. The molecule has 0 bridgehead atoms. The Labute approximate surface area is 182 Å². The second kappa shape index (κ2) is 7.36. The summed E-state index contributed by atoms with van der Waals surface area (Å²) in [7, 11) is 0. The van der Waals surface area contributed by atoms with Gasteiger partial charge in [-0.2, -0.15) is 9.50 Å². The number of nitrogens with zero attached hydrogens (tertiary/aromatic N) is 3. The fourth-order valence-electron chi connectivity index (χ4n) is 2.95. The molecule has 0 radical (unpaired) electrons. The van der Waals surface area contributed by atoms with Gasteiger partial charge in [0.2, 0.25) is 4.96 Å². The van der Waals surface area contributed by atoms with Gasteiger partial charge in [0.15, 0.2) is 5.82 Å². The molecule has 3 aromatic heterocycles. The number of benzene rings is 2. The molecule has 30 heavy (non-hydrogen) atoms. The highest BCUT2D eigenvalue weighted by atomic mass is 35.5. The molecule has 0 aliphatic rings. The minimum Gasteiger partial charge on any atom is -0.457 e. The van der Waals surface area contributed by atoms with Crippen LogP contribution in [0.2, 0.25) is 10.0 Å². The summed E-state index contributed by atoms with van der Waals surface area (Å²) in [5.74, 6) is 1.04. The highest BCUT2D eigenvalue weighted by Gasteiger charge is 2.13. The lowest BCUT2D eigenvalue weighted by molar-refractivity contribution is 0.571. The van der Waals surface area contributed by atoms with Crippen LogP contribution in [0.25, 0.3) is 33.7 Å². The third-order valence-corrected chi connectivity index (χ3v) is 5.90. The number of hydrogen-bond acceptors (Lipinski definition) is 5. The van der Waals surface area contributed by atoms with E-state index in [9.17, 15) is 9.18 Å². The van der Waals surface area contributed by atoms with Gasteiger partial charge < -0.3 is 4.42 Å². The predicted molar refractivity (Wildman–Crippen MR) is 115 cm³/mol. The van der Waals surface area contributed by atoms with Gasteiger partial charge in [-0.15, -0.1) is 5.10 Å². The lowest BCUT2D eigenvalue weighted by atomic mass is 10.2. The van der Waals surface area contributed by atoms with Crippen LogP contribution < -0.4 is 10.1 Å². The molecule has 0 aliphatic heterocycles. The Morgan fingerprint density at radius 1 is 1.07 bits per heavy atom. The quantitative estimate of drug-likeness (QED) is 0.379. The van der Waals surface area contributed by atoms with Crippen molar-refractivity contribution in [3.63, 3.8) is 0 Å². The van der Waals surface area contributed by atoms with Crippen molar-refractivity contribution < 1.29 is 8.81 Å². The van der Waals surface area contributed by atoms with E-state index >= 15 is 0 Å². The molecule has 148 valence electrons. The van der Waals surface area contributed by atoms with Crippen molar-refractivity contribution in [1.29, 1.82) is 0 Å². The van der Waals surface area contributed by atoms with Gasteiger partial charge in [0.05, 0.1) is 5.02 Å². The largest absolute Gasteiger partial charge is 0.457 e. The minimum absolute atomic E-state index is 0.311. The number of rotatable bonds is 3. The zero-order chi connectivity index (χ0) is 20.8. The molecule has 0 N–H and O–H groups in total. The van der Waals surface area contributed by atoms with Crippen molar-refractivity contribution in [3.05, 3.63) is 91.1 Å². The molecule has 0 unspecified atom stereocenters. The summed E-state index contributed by atoms with van der Waals surface area (Å²) < 4.78 is 20.6. The lowest BCUT2D eigenvalue weighted by Crippen LogP contribution is -2.23. The molecule has 0 saturated heterocycles. The smallest absolute Gasteiger partial charge is 0.291 e. The van der Waals surface area contributed by atoms with Crippen LogP contribution in [0, 0.1) is 5.82 Å². The first-order valence-electron chi connectivity index (χ1n) is 8.70. The number of hydrogen-bond donors (Lipinski definition) is 0. The van der Waals surface area contributed by atoms with Crippen LogP contribution >= 0.6 is 34.5 Å². The van der Waals surface area contributed by atoms with E-state index in [1.165, 1.54) is 28.0 Å². The summed E-state index contributed by atoms with van der Waals surface area (Å²) in [6.45, 7) is 0. The van der Waals surface area contributed by atoms with Gasteiger partial charge in [0.1, 0.15) is 21.9 Å². The highest BCUT2D eigenvalue weighted by Crippen LogP contribution is 2.32. The summed E-state index contributed by atoms with van der Waals surface area (Å²) >= 11 is 13.4. The van der Waals surface area contributed by atoms with Crippen molar-refractivity contribution in [3.8, 4) is 22.7 Å². The SMILES string of the molecule is O=c1c(=Cc2ccc(-c3cc(Cl)ccc3Cl)o2)sc2nc(-c3ccc(F)cc3)nn12. The molecule has 9 heteroatoms.